The van der Waals surface area contributed by atoms with Crippen LogP contribution in [-0.2, 0) is 14.3 Å². The van der Waals surface area contributed by atoms with Gasteiger partial charge in [-0.1, -0.05) is 24.8 Å². The third-order valence-electron chi connectivity index (χ3n) is 2.15. The number of benzene rings is 1. The van der Waals surface area contributed by atoms with Gasteiger partial charge in [-0.15, -0.1) is 0 Å². The van der Waals surface area contributed by atoms with Gasteiger partial charge >= 0.3 is 5.97 Å². The second-order valence-corrected chi connectivity index (χ2v) is 3.89. The molecule has 0 aliphatic heterocycles. The molecule has 0 saturated carbocycles. The van der Waals surface area contributed by atoms with Crippen LogP contribution in [0.15, 0.2) is 42.5 Å². The smallest absolute Gasteiger partial charge is 0.333 e. The molecule has 0 spiro atoms. The molecule has 0 amide bonds. The van der Waals surface area contributed by atoms with Crippen molar-refractivity contribution in [2.75, 3.05) is 20.3 Å². The zero-order chi connectivity index (χ0) is 13.4. The van der Waals surface area contributed by atoms with Crippen molar-refractivity contribution in [3.8, 4) is 5.75 Å². The number of esters is 1. The molecular weight excluding hydrogens is 232 g/mol. The zero-order valence-corrected chi connectivity index (χ0v) is 10.7. The van der Waals surface area contributed by atoms with Crippen LogP contribution in [0.5, 0.6) is 5.75 Å². The van der Waals surface area contributed by atoms with Gasteiger partial charge in [-0.3, -0.25) is 0 Å². The predicted molar refractivity (Wildman–Crippen MR) is 68.5 cm³/mol. The number of methoxy groups -OCH3 is 1. The first-order valence-electron chi connectivity index (χ1n) is 5.66. The summed E-state index contributed by atoms with van der Waals surface area (Å²) in [5.74, 6) is 0.290. The average molecular weight is 250 g/mol. The summed E-state index contributed by atoms with van der Waals surface area (Å²) in [6.45, 7) is 5.66. The van der Waals surface area contributed by atoms with Crippen LogP contribution in [0.2, 0.25) is 0 Å². The van der Waals surface area contributed by atoms with E-state index < -0.39 is 12.1 Å². The highest BCUT2D eigenvalue weighted by molar-refractivity contribution is 5.87. The van der Waals surface area contributed by atoms with Gasteiger partial charge < -0.3 is 14.2 Å². The van der Waals surface area contributed by atoms with Crippen LogP contribution in [0, 0.1) is 0 Å². The Hall–Kier alpha value is -1.81. The molecule has 0 saturated heterocycles. The number of carbonyl (C=O) groups is 1. The molecule has 18 heavy (non-hydrogen) atoms. The highest BCUT2D eigenvalue weighted by Crippen LogP contribution is 2.10. The molecule has 0 heterocycles. The summed E-state index contributed by atoms with van der Waals surface area (Å²) in [5.41, 5.74) is 0.357. The van der Waals surface area contributed by atoms with E-state index >= 15 is 0 Å². The van der Waals surface area contributed by atoms with Gasteiger partial charge in [0.2, 0.25) is 0 Å². The van der Waals surface area contributed by atoms with E-state index in [1.807, 2.05) is 30.3 Å². The van der Waals surface area contributed by atoms with Gasteiger partial charge in [0.25, 0.3) is 0 Å². The second kappa shape index (κ2) is 7.50. The minimum atomic E-state index is -0.445. The first kappa shape index (κ1) is 14.3. The lowest BCUT2D eigenvalue weighted by Gasteiger charge is -2.17. The molecular formula is C14H18O4. The summed E-state index contributed by atoms with van der Waals surface area (Å²) in [6, 6.07) is 9.33. The van der Waals surface area contributed by atoms with Crippen LogP contribution in [0.3, 0.4) is 0 Å². The largest absolute Gasteiger partial charge is 0.490 e. The van der Waals surface area contributed by atoms with Crippen LogP contribution < -0.4 is 4.74 Å². The standard InChI is InChI=1S/C14H18O4/c1-11(2)14(15)18-13(9-16-3)10-17-12-7-5-4-6-8-12/h4-8,13H,1,9-10H2,2-3H3. The van der Waals surface area contributed by atoms with Crippen molar-refractivity contribution in [2.45, 2.75) is 13.0 Å². The lowest BCUT2D eigenvalue weighted by atomic mass is 10.3. The van der Waals surface area contributed by atoms with Crippen LogP contribution >= 0.6 is 0 Å². The molecule has 1 rings (SSSR count). The number of rotatable bonds is 7. The molecule has 4 heteroatoms. The van der Waals surface area contributed by atoms with Gasteiger partial charge in [0.05, 0.1) is 6.61 Å². The Morgan fingerprint density at radius 1 is 1.28 bits per heavy atom. The fraction of sp³-hybridized carbons (Fsp3) is 0.357. The molecule has 0 aliphatic carbocycles. The lowest BCUT2D eigenvalue weighted by molar-refractivity contribution is -0.148. The van der Waals surface area contributed by atoms with Crippen LogP contribution in [0.1, 0.15) is 6.92 Å². The Morgan fingerprint density at radius 2 is 1.94 bits per heavy atom. The zero-order valence-electron chi connectivity index (χ0n) is 10.7. The van der Waals surface area contributed by atoms with Crippen molar-refractivity contribution < 1.29 is 19.0 Å². The molecule has 0 aliphatic rings. The normalized spacial score (nSPS) is 11.7. The summed E-state index contributed by atoms with van der Waals surface area (Å²) in [6.07, 6.45) is -0.445. The van der Waals surface area contributed by atoms with E-state index in [4.69, 9.17) is 14.2 Å². The molecule has 0 fully saturated rings. The van der Waals surface area contributed by atoms with E-state index in [0.717, 1.165) is 5.75 Å². The van der Waals surface area contributed by atoms with Crippen molar-refractivity contribution in [3.05, 3.63) is 42.5 Å². The predicted octanol–water partition coefficient (Wildman–Crippen LogP) is 2.20. The van der Waals surface area contributed by atoms with E-state index in [1.165, 1.54) is 0 Å². The van der Waals surface area contributed by atoms with Crippen LogP contribution in [0.4, 0.5) is 0 Å². The summed E-state index contributed by atoms with van der Waals surface area (Å²) < 4.78 is 15.7. The summed E-state index contributed by atoms with van der Waals surface area (Å²) in [7, 11) is 1.55. The monoisotopic (exact) mass is 250 g/mol. The molecule has 1 unspecified atom stereocenters. The van der Waals surface area contributed by atoms with Gasteiger partial charge in [0, 0.05) is 12.7 Å². The molecule has 0 radical (unpaired) electrons. The van der Waals surface area contributed by atoms with E-state index in [9.17, 15) is 4.79 Å². The maximum atomic E-state index is 11.4. The van der Waals surface area contributed by atoms with E-state index in [0.29, 0.717) is 5.57 Å². The quantitative estimate of drug-likeness (QED) is 0.549. The maximum Gasteiger partial charge on any atom is 0.333 e. The molecule has 0 bridgehead atoms. The minimum absolute atomic E-state index is 0.247. The SMILES string of the molecule is C=C(C)C(=O)OC(COC)COc1ccccc1. The van der Waals surface area contributed by atoms with Gasteiger partial charge in [0.1, 0.15) is 12.4 Å². The Balaban J connectivity index is 2.47. The number of ether oxygens (including phenoxy) is 3. The molecule has 98 valence electrons. The molecule has 1 atom stereocenters. The molecule has 1 aromatic carbocycles. The number of hydrogen-bond donors (Lipinski definition) is 0. The second-order valence-electron chi connectivity index (χ2n) is 3.89. The Labute approximate surface area is 107 Å². The van der Waals surface area contributed by atoms with Crippen molar-refractivity contribution in [1.29, 1.82) is 0 Å². The number of para-hydroxylation sites is 1. The van der Waals surface area contributed by atoms with Gasteiger partial charge in [-0.05, 0) is 19.1 Å². The van der Waals surface area contributed by atoms with Crippen LogP contribution in [0.25, 0.3) is 0 Å². The van der Waals surface area contributed by atoms with Crippen molar-refractivity contribution in [2.24, 2.45) is 0 Å². The highest BCUT2D eigenvalue weighted by Gasteiger charge is 2.15. The number of carbonyl (C=O) groups excluding carboxylic acids is 1. The lowest BCUT2D eigenvalue weighted by Crippen LogP contribution is -2.29. The van der Waals surface area contributed by atoms with Gasteiger partial charge in [-0.25, -0.2) is 4.79 Å². The summed E-state index contributed by atoms with van der Waals surface area (Å²) >= 11 is 0. The van der Waals surface area contributed by atoms with E-state index in [-0.39, 0.29) is 13.2 Å². The maximum absolute atomic E-state index is 11.4. The molecule has 4 nitrogen and oxygen atoms in total. The van der Waals surface area contributed by atoms with Crippen molar-refractivity contribution in [1.82, 2.24) is 0 Å². The van der Waals surface area contributed by atoms with Crippen molar-refractivity contribution in [3.63, 3.8) is 0 Å². The topological polar surface area (TPSA) is 44.8 Å². The van der Waals surface area contributed by atoms with Gasteiger partial charge in [-0.2, -0.15) is 0 Å². The molecule has 1 aromatic rings. The van der Waals surface area contributed by atoms with Crippen LogP contribution in [-0.4, -0.2) is 32.4 Å². The fourth-order valence-corrected chi connectivity index (χ4v) is 1.26. The Kier molecular flexibility index (Phi) is 5.94. The van der Waals surface area contributed by atoms with Gasteiger partial charge in [0.15, 0.2) is 6.10 Å². The minimum Gasteiger partial charge on any atom is -0.490 e. The first-order chi connectivity index (χ1) is 8.63. The average Bonchev–Trinajstić information content (AvgIpc) is 2.37. The number of hydrogen-bond acceptors (Lipinski definition) is 4. The fourth-order valence-electron chi connectivity index (χ4n) is 1.26. The first-order valence-corrected chi connectivity index (χ1v) is 5.66. The highest BCUT2D eigenvalue weighted by atomic mass is 16.6. The third-order valence-corrected chi connectivity index (χ3v) is 2.15. The Morgan fingerprint density at radius 3 is 2.50 bits per heavy atom. The third kappa shape index (κ3) is 5.01. The van der Waals surface area contributed by atoms with E-state index in [2.05, 4.69) is 6.58 Å². The Bertz CT molecular complexity index is 386. The molecule has 0 N–H and O–H groups in total. The summed E-state index contributed by atoms with van der Waals surface area (Å²) in [4.78, 5) is 11.4. The molecule has 0 aromatic heterocycles. The van der Waals surface area contributed by atoms with E-state index in [1.54, 1.807) is 14.0 Å². The van der Waals surface area contributed by atoms with Crippen molar-refractivity contribution >= 4 is 5.97 Å². The summed E-state index contributed by atoms with van der Waals surface area (Å²) in [5, 5.41) is 0.